The van der Waals surface area contributed by atoms with Crippen LogP contribution >= 0.6 is 0 Å². The Morgan fingerprint density at radius 3 is 2.45 bits per heavy atom. The van der Waals surface area contributed by atoms with Gasteiger partial charge in [-0.05, 0) is 43.2 Å². The Morgan fingerprint density at radius 1 is 1.16 bits per heavy atom. The second-order valence-electron chi connectivity index (χ2n) is 6.59. The molecule has 0 saturated heterocycles. The van der Waals surface area contributed by atoms with Gasteiger partial charge in [-0.25, -0.2) is 10.2 Å². The second kappa shape index (κ2) is 8.84. The molecule has 1 heterocycles. The summed E-state index contributed by atoms with van der Waals surface area (Å²) in [6, 6.07) is 14.7. The van der Waals surface area contributed by atoms with E-state index in [2.05, 4.69) is 15.6 Å². The fourth-order valence-electron chi connectivity index (χ4n) is 2.85. The number of rotatable bonds is 5. The van der Waals surface area contributed by atoms with Crippen LogP contribution in [0.5, 0.6) is 0 Å². The van der Waals surface area contributed by atoms with Crippen LogP contribution in [0.1, 0.15) is 43.1 Å². The molecule has 3 rings (SSSR count). The van der Waals surface area contributed by atoms with Gasteiger partial charge >= 0.3 is 5.97 Å². The summed E-state index contributed by atoms with van der Waals surface area (Å²) >= 11 is 0. The van der Waals surface area contributed by atoms with Crippen LogP contribution in [0.15, 0.2) is 58.4 Å². The van der Waals surface area contributed by atoms with Crippen molar-refractivity contribution in [2.75, 3.05) is 0 Å². The highest BCUT2D eigenvalue weighted by molar-refractivity contribution is 5.95. The monoisotopic (exact) mass is 415 g/mol. The molecule has 0 saturated carbocycles. The average Bonchev–Trinajstić information content (AvgIpc) is 2.75. The van der Waals surface area contributed by atoms with Gasteiger partial charge < -0.3 is 5.11 Å². The van der Waals surface area contributed by atoms with Gasteiger partial charge in [0.05, 0.1) is 17.5 Å². The SMILES string of the molecule is Cc1ccccc1-n1nc(C(=O)NN=Cc2ccc(C(=O)O)cc2)c(C)c(C#N)c1=O. The predicted octanol–water partition coefficient (Wildman–Crippen LogP) is 2.18. The molecule has 9 nitrogen and oxygen atoms in total. The number of nitrogens with zero attached hydrogens (tertiary/aromatic N) is 4. The molecule has 1 aromatic heterocycles. The summed E-state index contributed by atoms with van der Waals surface area (Å²) in [5, 5.41) is 26.4. The van der Waals surface area contributed by atoms with Crippen molar-refractivity contribution in [2.45, 2.75) is 13.8 Å². The summed E-state index contributed by atoms with van der Waals surface area (Å²) in [4.78, 5) is 36.2. The minimum atomic E-state index is -1.05. The first-order valence-electron chi connectivity index (χ1n) is 9.10. The number of carbonyl (C=O) groups is 2. The highest BCUT2D eigenvalue weighted by atomic mass is 16.4. The van der Waals surface area contributed by atoms with Crippen molar-refractivity contribution in [3.05, 3.63) is 92.4 Å². The molecular formula is C22H17N5O4. The molecule has 2 aromatic carbocycles. The number of nitriles is 1. The lowest BCUT2D eigenvalue weighted by molar-refractivity contribution is 0.0696. The maximum atomic E-state index is 12.7. The Labute approximate surface area is 176 Å². The smallest absolute Gasteiger partial charge is 0.335 e. The molecule has 0 spiro atoms. The van der Waals surface area contributed by atoms with Crippen molar-refractivity contribution in [1.29, 1.82) is 5.26 Å². The zero-order valence-electron chi connectivity index (χ0n) is 16.7. The van der Waals surface area contributed by atoms with E-state index < -0.39 is 17.4 Å². The molecule has 0 atom stereocenters. The van der Waals surface area contributed by atoms with E-state index >= 15 is 0 Å². The summed E-state index contributed by atoms with van der Waals surface area (Å²) in [5.74, 6) is -1.75. The van der Waals surface area contributed by atoms with Crippen LogP contribution in [-0.4, -0.2) is 33.0 Å². The molecule has 0 aliphatic rings. The Bertz CT molecular complexity index is 1300. The van der Waals surface area contributed by atoms with Crippen LogP contribution in [0, 0.1) is 25.2 Å². The Morgan fingerprint density at radius 2 is 1.84 bits per heavy atom. The number of amides is 1. The maximum absolute atomic E-state index is 12.7. The van der Waals surface area contributed by atoms with Crippen molar-refractivity contribution in [3.8, 4) is 11.8 Å². The number of nitrogens with one attached hydrogen (secondary N) is 1. The van der Waals surface area contributed by atoms with E-state index in [0.717, 1.165) is 10.2 Å². The zero-order chi connectivity index (χ0) is 22.5. The average molecular weight is 415 g/mol. The molecule has 3 aromatic rings. The summed E-state index contributed by atoms with van der Waals surface area (Å²) in [7, 11) is 0. The summed E-state index contributed by atoms with van der Waals surface area (Å²) in [6.45, 7) is 3.26. The van der Waals surface area contributed by atoms with E-state index in [-0.39, 0.29) is 22.4 Å². The molecule has 2 N–H and O–H groups in total. The first-order chi connectivity index (χ1) is 14.8. The molecular weight excluding hydrogens is 398 g/mol. The van der Waals surface area contributed by atoms with Crippen molar-refractivity contribution < 1.29 is 14.7 Å². The number of hydrazone groups is 1. The number of carbonyl (C=O) groups excluding carboxylic acids is 1. The van der Waals surface area contributed by atoms with E-state index in [1.165, 1.54) is 37.4 Å². The van der Waals surface area contributed by atoms with Gasteiger partial charge in [0.2, 0.25) is 0 Å². The molecule has 0 fully saturated rings. The fourth-order valence-corrected chi connectivity index (χ4v) is 2.85. The third kappa shape index (κ3) is 4.38. The molecule has 0 aliphatic heterocycles. The lowest BCUT2D eigenvalue weighted by Crippen LogP contribution is -2.31. The number of aromatic nitrogens is 2. The standard InChI is InChI=1S/C22H17N5O4/c1-13-5-3-4-6-18(13)27-21(29)17(11-23)14(2)19(26-27)20(28)25-24-12-15-7-9-16(10-8-15)22(30)31/h3-10,12H,1-2H3,(H,25,28)(H,30,31). The zero-order valence-corrected chi connectivity index (χ0v) is 16.7. The van der Waals surface area contributed by atoms with Crippen LogP contribution in [-0.2, 0) is 0 Å². The van der Waals surface area contributed by atoms with Gasteiger partial charge in [0.25, 0.3) is 11.5 Å². The third-order valence-corrected chi connectivity index (χ3v) is 4.54. The minimum absolute atomic E-state index is 0.113. The van der Waals surface area contributed by atoms with E-state index in [1.807, 2.05) is 6.07 Å². The largest absolute Gasteiger partial charge is 0.478 e. The van der Waals surface area contributed by atoms with Gasteiger partial charge in [0.1, 0.15) is 11.6 Å². The molecule has 0 aliphatic carbocycles. The number of hydrogen-bond donors (Lipinski definition) is 2. The summed E-state index contributed by atoms with van der Waals surface area (Å²) in [6.07, 6.45) is 1.33. The molecule has 9 heteroatoms. The number of hydrogen-bond acceptors (Lipinski definition) is 6. The highest BCUT2D eigenvalue weighted by Gasteiger charge is 2.20. The van der Waals surface area contributed by atoms with Crippen molar-refractivity contribution in [1.82, 2.24) is 15.2 Å². The van der Waals surface area contributed by atoms with E-state index in [1.54, 1.807) is 31.2 Å². The number of aryl methyl sites for hydroxylation is 1. The number of para-hydroxylation sites is 1. The lowest BCUT2D eigenvalue weighted by atomic mass is 10.1. The van der Waals surface area contributed by atoms with Crippen LogP contribution in [0.2, 0.25) is 0 Å². The first-order valence-corrected chi connectivity index (χ1v) is 9.10. The molecule has 31 heavy (non-hydrogen) atoms. The molecule has 0 radical (unpaired) electrons. The van der Waals surface area contributed by atoms with Crippen LogP contribution in [0.3, 0.4) is 0 Å². The van der Waals surface area contributed by atoms with Crippen LogP contribution < -0.4 is 11.0 Å². The molecule has 0 unspecified atom stereocenters. The van der Waals surface area contributed by atoms with E-state index in [4.69, 9.17) is 5.11 Å². The molecule has 1 amide bonds. The highest BCUT2D eigenvalue weighted by Crippen LogP contribution is 2.13. The second-order valence-corrected chi connectivity index (χ2v) is 6.59. The van der Waals surface area contributed by atoms with Crippen LogP contribution in [0.25, 0.3) is 5.69 Å². The Balaban J connectivity index is 1.93. The van der Waals surface area contributed by atoms with Gasteiger partial charge in [-0.2, -0.15) is 20.1 Å². The fraction of sp³-hybridized carbons (Fsp3) is 0.0909. The number of aromatic carboxylic acids is 1. The molecule has 154 valence electrons. The lowest BCUT2D eigenvalue weighted by Gasteiger charge is -2.12. The van der Waals surface area contributed by atoms with Crippen molar-refractivity contribution >= 4 is 18.1 Å². The third-order valence-electron chi connectivity index (χ3n) is 4.54. The van der Waals surface area contributed by atoms with Gasteiger partial charge in [-0.3, -0.25) is 9.59 Å². The Hall–Kier alpha value is -4.58. The van der Waals surface area contributed by atoms with Crippen molar-refractivity contribution in [2.24, 2.45) is 5.10 Å². The van der Waals surface area contributed by atoms with Gasteiger partial charge in [0, 0.05) is 5.56 Å². The molecule has 0 bridgehead atoms. The first kappa shape index (κ1) is 21.1. The van der Waals surface area contributed by atoms with Gasteiger partial charge in [-0.1, -0.05) is 30.3 Å². The Kier molecular flexibility index (Phi) is 6.02. The number of benzene rings is 2. The maximum Gasteiger partial charge on any atom is 0.335 e. The normalized spacial score (nSPS) is 10.6. The van der Waals surface area contributed by atoms with Gasteiger partial charge in [-0.15, -0.1) is 0 Å². The van der Waals surface area contributed by atoms with Crippen LogP contribution in [0.4, 0.5) is 0 Å². The predicted molar refractivity (Wildman–Crippen MR) is 112 cm³/mol. The van der Waals surface area contributed by atoms with E-state index in [0.29, 0.717) is 11.3 Å². The van der Waals surface area contributed by atoms with Crippen molar-refractivity contribution in [3.63, 3.8) is 0 Å². The summed E-state index contributed by atoms with van der Waals surface area (Å²) in [5.41, 5.74) is 3.45. The van der Waals surface area contributed by atoms with E-state index in [9.17, 15) is 19.6 Å². The number of carboxylic acids is 1. The minimum Gasteiger partial charge on any atom is -0.478 e. The summed E-state index contributed by atoms with van der Waals surface area (Å²) < 4.78 is 1.03. The number of carboxylic acid groups (broad SMARTS) is 1. The van der Waals surface area contributed by atoms with Gasteiger partial charge in [0.15, 0.2) is 5.69 Å². The quantitative estimate of drug-likeness (QED) is 0.484. The topological polar surface area (TPSA) is 137 Å².